The molecule has 154 valence electrons. The Hall–Kier alpha value is -3.64. The second-order valence-electron chi connectivity index (χ2n) is 6.06. The maximum Gasteiger partial charge on any atom is 0.387 e. The lowest BCUT2D eigenvalue weighted by molar-refractivity contribution is -0.0494. The Balaban J connectivity index is 1.97. The van der Waals surface area contributed by atoms with Crippen molar-refractivity contribution >= 4 is 15.7 Å². The van der Waals surface area contributed by atoms with Crippen LogP contribution in [0.5, 0.6) is 11.5 Å². The van der Waals surface area contributed by atoms with E-state index in [1.807, 2.05) is 6.07 Å². The summed E-state index contributed by atoms with van der Waals surface area (Å²) in [6.07, 6.45) is 0. The first kappa shape index (κ1) is 21.1. The zero-order valence-electron chi connectivity index (χ0n) is 15.7. The van der Waals surface area contributed by atoms with Crippen molar-refractivity contribution in [2.75, 3.05) is 11.8 Å². The van der Waals surface area contributed by atoms with Gasteiger partial charge in [0.25, 0.3) is 10.0 Å². The lowest BCUT2D eigenvalue weighted by Gasteiger charge is -2.14. The third-order valence-electron chi connectivity index (χ3n) is 4.14. The highest BCUT2D eigenvalue weighted by Crippen LogP contribution is 2.35. The number of ether oxygens (including phenoxy) is 2. The first-order valence-corrected chi connectivity index (χ1v) is 10.1. The van der Waals surface area contributed by atoms with Crippen LogP contribution in [-0.2, 0) is 10.0 Å². The van der Waals surface area contributed by atoms with Crippen LogP contribution in [0.1, 0.15) is 5.56 Å². The number of hydrogen-bond donors (Lipinski definition) is 1. The summed E-state index contributed by atoms with van der Waals surface area (Å²) in [5.74, 6) is 0.476. The highest BCUT2D eigenvalue weighted by atomic mass is 32.2. The molecule has 0 aliphatic rings. The van der Waals surface area contributed by atoms with Crippen LogP contribution < -0.4 is 14.2 Å². The molecule has 0 aliphatic heterocycles. The Labute approximate surface area is 172 Å². The molecule has 6 nitrogen and oxygen atoms in total. The van der Waals surface area contributed by atoms with Gasteiger partial charge in [0.05, 0.1) is 23.6 Å². The highest BCUT2D eigenvalue weighted by Gasteiger charge is 2.17. The Bertz CT molecular complexity index is 1170. The van der Waals surface area contributed by atoms with Crippen molar-refractivity contribution in [1.29, 1.82) is 5.26 Å². The van der Waals surface area contributed by atoms with E-state index in [1.54, 1.807) is 24.3 Å². The van der Waals surface area contributed by atoms with E-state index in [4.69, 9.17) is 10.00 Å². The monoisotopic (exact) mass is 430 g/mol. The summed E-state index contributed by atoms with van der Waals surface area (Å²) in [4.78, 5) is -0.0413. The van der Waals surface area contributed by atoms with Crippen molar-refractivity contribution in [3.05, 3.63) is 72.3 Å². The van der Waals surface area contributed by atoms with E-state index in [9.17, 15) is 17.2 Å². The van der Waals surface area contributed by atoms with E-state index in [2.05, 4.69) is 9.46 Å². The lowest BCUT2D eigenvalue weighted by atomic mass is 10.0. The van der Waals surface area contributed by atoms with E-state index >= 15 is 0 Å². The van der Waals surface area contributed by atoms with Crippen molar-refractivity contribution < 1.29 is 26.7 Å². The van der Waals surface area contributed by atoms with Gasteiger partial charge in [0.15, 0.2) is 0 Å². The molecule has 0 bridgehead atoms. The second kappa shape index (κ2) is 8.80. The molecule has 0 saturated carbocycles. The smallest absolute Gasteiger partial charge is 0.387 e. The van der Waals surface area contributed by atoms with Crippen LogP contribution in [0.3, 0.4) is 0 Å². The Morgan fingerprint density at radius 2 is 1.67 bits per heavy atom. The van der Waals surface area contributed by atoms with Crippen LogP contribution in [0, 0.1) is 11.3 Å². The molecule has 0 atom stereocenters. The van der Waals surface area contributed by atoms with Crippen LogP contribution in [0.15, 0.2) is 71.6 Å². The average Bonchev–Trinajstić information content (AvgIpc) is 2.74. The van der Waals surface area contributed by atoms with Crippen molar-refractivity contribution in [3.63, 3.8) is 0 Å². The second-order valence-corrected chi connectivity index (χ2v) is 7.74. The predicted octanol–water partition coefficient (Wildman–Crippen LogP) is 4.64. The number of anilines is 1. The fourth-order valence-electron chi connectivity index (χ4n) is 2.71. The molecule has 0 unspecified atom stereocenters. The number of sulfonamides is 1. The summed E-state index contributed by atoms with van der Waals surface area (Å²) >= 11 is 0. The van der Waals surface area contributed by atoms with Gasteiger partial charge >= 0.3 is 6.61 Å². The van der Waals surface area contributed by atoms with Gasteiger partial charge in [-0.1, -0.05) is 12.1 Å². The minimum Gasteiger partial charge on any atom is -0.497 e. The first-order valence-electron chi connectivity index (χ1n) is 8.58. The topological polar surface area (TPSA) is 88.4 Å². The van der Waals surface area contributed by atoms with Crippen molar-refractivity contribution in [3.8, 4) is 28.7 Å². The standard InChI is InChI=1S/C21H16F2N2O4S/c1-28-17-7-4-15(5-8-17)19-12-16(6-11-20(19)29-21(22)23)25-30(26,27)18-9-2-14(13-24)3-10-18/h2-12,21,25H,1H3. The number of hydrogen-bond acceptors (Lipinski definition) is 5. The molecule has 0 aliphatic carbocycles. The molecular weight excluding hydrogens is 414 g/mol. The molecular formula is C21H16F2N2O4S. The fraction of sp³-hybridized carbons (Fsp3) is 0.0952. The van der Waals surface area contributed by atoms with Crippen LogP contribution in [0.25, 0.3) is 11.1 Å². The summed E-state index contributed by atoms with van der Waals surface area (Å²) in [5, 5.41) is 8.84. The van der Waals surface area contributed by atoms with E-state index in [0.717, 1.165) is 0 Å². The summed E-state index contributed by atoms with van der Waals surface area (Å²) in [6.45, 7) is -3.04. The number of halogens is 2. The third kappa shape index (κ3) is 4.85. The molecule has 0 fully saturated rings. The first-order chi connectivity index (χ1) is 14.3. The van der Waals surface area contributed by atoms with Gasteiger partial charge in [-0.15, -0.1) is 0 Å². The fourth-order valence-corrected chi connectivity index (χ4v) is 3.76. The van der Waals surface area contributed by atoms with Gasteiger partial charge < -0.3 is 9.47 Å². The molecule has 3 aromatic carbocycles. The summed E-state index contributed by atoms with van der Waals surface area (Å²) in [7, 11) is -2.45. The number of rotatable bonds is 7. The number of nitrogens with zero attached hydrogens (tertiary/aromatic N) is 1. The predicted molar refractivity (Wildman–Crippen MR) is 107 cm³/mol. The number of nitrogens with one attached hydrogen (secondary N) is 1. The van der Waals surface area contributed by atoms with Crippen molar-refractivity contribution in [2.45, 2.75) is 11.5 Å². The molecule has 0 radical (unpaired) electrons. The van der Waals surface area contributed by atoms with Crippen molar-refractivity contribution in [2.24, 2.45) is 0 Å². The van der Waals surface area contributed by atoms with Gasteiger partial charge in [0.2, 0.25) is 0 Å². The zero-order valence-corrected chi connectivity index (χ0v) is 16.5. The molecule has 0 saturated heterocycles. The molecule has 30 heavy (non-hydrogen) atoms. The quantitative estimate of drug-likeness (QED) is 0.590. The number of alkyl halides is 2. The van der Waals surface area contributed by atoms with Crippen molar-refractivity contribution in [1.82, 2.24) is 0 Å². The minimum absolute atomic E-state index is 0.0413. The molecule has 3 rings (SSSR count). The van der Waals surface area contributed by atoms with Gasteiger partial charge in [0, 0.05) is 11.3 Å². The maximum atomic E-state index is 12.8. The Morgan fingerprint density at radius 1 is 1.00 bits per heavy atom. The van der Waals surface area contributed by atoms with Gasteiger partial charge in [-0.05, 0) is 60.2 Å². The van der Waals surface area contributed by atoms with Gasteiger partial charge in [0.1, 0.15) is 11.5 Å². The van der Waals surface area contributed by atoms with E-state index in [0.29, 0.717) is 16.9 Å². The molecule has 0 heterocycles. The van der Waals surface area contributed by atoms with Crippen LogP contribution in [0.2, 0.25) is 0 Å². The van der Waals surface area contributed by atoms with E-state index in [1.165, 1.54) is 49.6 Å². The number of methoxy groups -OCH3 is 1. The third-order valence-corrected chi connectivity index (χ3v) is 5.54. The molecule has 1 N–H and O–H groups in total. The lowest BCUT2D eigenvalue weighted by Crippen LogP contribution is -2.13. The van der Waals surface area contributed by atoms with Gasteiger partial charge in [-0.2, -0.15) is 14.0 Å². The largest absolute Gasteiger partial charge is 0.497 e. The Kier molecular flexibility index (Phi) is 6.18. The zero-order chi connectivity index (χ0) is 21.7. The average molecular weight is 430 g/mol. The molecule has 9 heteroatoms. The van der Waals surface area contributed by atoms with Crippen LogP contribution >= 0.6 is 0 Å². The number of nitriles is 1. The molecule has 3 aromatic rings. The van der Waals surface area contributed by atoms with Crippen LogP contribution in [0.4, 0.5) is 14.5 Å². The highest BCUT2D eigenvalue weighted by molar-refractivity contribution is 7.92. The molecule has 0 aromatic heterocycles. The van der Waals surface area contributed by atoms with E-state index < -0.39 is 16.6 Å². The normalized spacial score (nSPS) is 11.0. The summed E-state index contributed by atoms with van der Waals surface area (Å²) < 4.78 is 63.0. The maximum absolute atomic E-state index is 12.8. The van der Waals surface area contributed by atoms with Gasteiger partial charge in [-0.3, -0.25) is 4.72 Å². The van der Waals surface area contributed by atoms with Gasteiger partial charge in [-0.25, -0.2) is 8.42 Å². The Morgan fingerprint density at radius 3 is 2.23 bits per heavy atom. The number of benzene rings is 3. The summed E-state index contributed by atoms with van der Waals surface area (Å²) in [5.41, 5.74) is 1.29. The van der Waals surface area contributed by atoms with Crippen LogP contribution in [-0.4, -0.2) is 22.1 Å². The summed E-state index contributed by atoms with van der Waals surface area (Å²) in [6, 6.07) is 17.9. The molecule has 0 spiro atoms. The molecule has 0 amide bonds. The minimum atomic E-state index is -3.95. The SMILES string of the molecule is COc1ccc(-c2cc(NS(=O)(=O)c3ccc(C#N)cc3)ccc2OC(F)F)cc1. The van der Waals surface area contributed by atoms with E-state index in [-0.39, 0.29) is 21.9 Å².